The van der Waals surface area contributed by atoms with Gasteiger partial charge in [0.05, 0.1) is 12.2 Å². The summed E-state index contributed by atoms with van der Waals surface area (Å²) in [5.74, 6) is 1.85. The number of nitrogens with zero attached hydrogens (tertiary/aromatic N) is 2. The fraction of sp³-hybridized carbons (Fsp3) is 0.545. The van der Waals surface area contributed by atoms with E-state index in [0.717, 1.165) is 35.8 Å². The van der Waals surface area contributed by atoms with Crippen LogP contribution in [0.25, 0.3) is 0 Å². The molecule has 1 amide bonds. The maximum atomic E-state index is 12.9. The SMILES string of the molecule is Cc1cccc(OCc2nc(CN(CC(C)C)C(=O)C3CCCC3)cs2)c1. The zero-order valence-electron chi connectivity index (χ0n) is 16.6. The number of hydrogen-bond donors (Lipinski definition) is 0. The van der Waals surface area contributed by atoms with Crippen LogP contribution in [-0.4, -0.2) is 22.3 Å². The summed E-state index contributed by atoms with van der Waals surface area (Å²) < 4.78 is 5.85. The van der Waals surface area contributed by atoms with Crippen LogP contribution in [-0.2, 0) is 17.9 Å². The van der Waals surface area contributed by atoms with Gasteiger partial charge in [0.15, 0.2) is 0 Å². The van der Waals surface area contributed by atoms with Crippen LogP contribution in [0.1, 0.15) is 55.8 Å². The molecule has 1 fully saturated rings. The second kappa shape index (κ2) is 9.36. The Kier molecular flexibility index (Phi) is 6.89. The molecule has 0 spiro atoms. The minimum atomic E-state index is 0.214. The zero-order valence-corrected chi connectivity index (χ0v) is 17.4. The number of amides is 1. The van der Waals surface area contributed by atoms with Crippen LogP contribution in [0.2, 0.25) is 0 Å². The highest BCUT2D eigenvalue weighted by atomic mass is 32.1. The molecule has 3 rings (SSSR count). The van der Waals surface area contributed by atoms with Crippen LogP contribution in [0.15, 0.2) is 29.6 Å². The first kappa shape index (κ1) is 19.9. The van der Waals surface area contributed by atoms with Crippen LogP contribution < -0.4 is 4.74 Å². The third-order valence-electron chi connectivity index (χ3n) is 4.91. The van der Waals surface area contributed by atoms with E-state index in [1.807, 2.05) is 23.1 Å². The number of ether oxygens (including phenoxy) is 1. The molecule has 1 aromatic carbocycles. The second-order valence-corrected chi connectivity index (χ2v) is 8.87. The standard InChI is InChI=1S/C22H30N2O2S/c1-16(2)12-24(22(25)18-8-4-5-9-18)13-19-15-27-21(23-19)14-26-20-10-6-7-17(3)11-20/h6-7,10-11,15-16,18H,4-5,8-9,12-14H2,1-3H3. The van der Waals surface area contributed by atoms with Crippen molar-refractivity contribution < 1.29 is 9.53 Å². The first-order valence-electron chi connectivity index (χ1n) is 9.93. The third kappa shape index (κ3) is 5.80. The first-order chi connectivity index (χ1) is 13.0. The fourth-order valence-electron chi connectivity index (χ4n) is 3.64. The highest BCUT2D eigenvalue weighted by Gasteiger charge is 2.28. The van der Waals surface area contributed by atoms with Gasteiger partial charge in [-0.25, -0.2) is 4.98 Å². The van der Waals surface area contributed by atoms with Gasteiger partial charge in [0.1, 0.15) is 17.4 Å². The maximum Gasteiger partial charge on any atom is 0.226 e. The number of hydrogen-bond acceptors (Lipinski definition) is 4. The van der Waals surface area contributed by atoms with Gasteiger partial charge >= 0.3 is 0 Å². The van der Waals surface area contributed by atoms with Gasteiger partial charge in [0.25, 0.3) is 0 Å². The summed E-state index contributed by atoms with van der Waals surface area (Å²) >= 11 is 1.60. The quantitative estimate of drug-likeness (QED) is 0.626. The summed E-state index contributed by atoms with van der Waals surface area (Å²) in [4.78, 5) is 19.6. The summed E-state index contributed by atoms with van der Waals surface area (Å²) in [6.07, 6.45) is 4.45. The van der Waals surface area contributed by atoms with Crippen molar-refractivity contribution in [3.8, 4) is 5.75 Å². The lowest BCUT2D eigenvalue weighted by Crippen LogP contribution is -2.37. The molecule has 0 N–H and O–H groups in total. The summed E-state index contributed by atoms with van der Waals surface area (Å²) in [5, 5.41) is 3.01. The Labute approximate surface area is 166 Å². The van der Waals surface area contributed by atoms with Crippen molar-refractivity contribution in [1.82, 2.24) is 9.88 Å². The van der Waals surface area contributed by atoms with E-state index in [1.54, 1.807) is 11.3 Å². The molecular formula is C22H30N2O2S. The van der Waals surface area contributed by atoms with Gasteiger partial charge in [0.2, 0.25) is 5.91 Å². The molecular weight excluding hydrogens is 356 g/mol. The predicted molar refractivity (Wildman–Crippen MR) is 110 cm³/mol. The lowest BCUT2D eigenvalue weighted by atomic mass is 10.1. The molecule has 0 atom stereocenters. The normalized spacial score (nSPS) is 14.7. The molecule has 1 saturated carbocycles. The highest BCUT2D eigenvalue weighted by molar-refractivity contribution is 7.09. The summed E-state index contributed by atoms with van der Waals surface area (Å²) in [6, 6.07) is 8.04. The number of aryl methyl sites for hydroxylation is 1. The smallest absolute Gasteiger partial charge is 0.226 e. The van der Waals surface area contributed by atoms with E-state index < -0.39 is 0 Å². The van der Waals surface area contributed by atoms with Crippen LogP contribution in [0.3, 0.4) is 0 Å². The van der Waals surface area contributed by atoms with Crippen molar-refractivity contribution in [3.05, 3.63) is 45.9 Å². The van der Waals surface area contributed by atoms with Crippen molar-refractivity contribution in [3.63, 3.8) is 0 Å². The van der Waals surface area contributed by atoms with Crippen LogP contribution >= 0.6 is 11.3 Å². The van der Waals surface area contributed by atoms with Crippen LogP contribution in [0.5, 0.6) is 5.75 Å². The average Bonchev–Trinajstić information content (AvgIpc) is 3.30. The Morgan fingerprint density at radius 1 is 1.33 bits per heavy atom. The number of thiazole rings is 1. The zero-order chi connectivity index (χ0) is 19.2. The molecule has 4 nitrogen and oxygen atoms in total. The molecule has 0 saturated heterocycles. The van der Waals surface area contributed by atoms with Gasteiger partial charge in [-0.3, -0.25) is 4.79 Å². The van der Waals surface area contributed by atoms with E-state index in [-0.39, 0.29) is 5.92 Å². The molecule has 27 heavy (non-hydrogen) atoms. The molecule has 1 aliphatic rings. The molecule has 5 heteroatoms. The molecule has 0 aliphatic heterocycles. The van der Waals surface area contributed by atoms with Gasteiger partial charge in [-0.15, -0.1) is 11.3 Å². The Bertz CT molecular complexity index is 750. The lowest BCUT2D eigenvalue weighted by Gasteiger charge is -2.26. The Balaban J connectivity index is 1.60. The molecule has 0 bridgehead atoms. The van der Waals surface area contributed by atoms with Gasteiger partial charge in [-0.1, -0.05) is 38.8 Å². The monoisotopic (exact) mass is 386 g/mol. The average molecular weight is 387 g/mol. The number of aromatic nitrogens is 1. The van der Waals surface area contributed by atoms with Gasteiger partial charge in [0, 0.05) is 17.8 Å². The Morgan fingerprint density at radius 3 is 2.81 bits per heavy atom. The van der Waals surface area contributed by atoms with Gasteiger partial charge in [-0.2, -0.15) is 0 Å². The molecule has 0 radical (unpaired) electrons. The molecule has 2 aromatic rings. The maximum absolute atomic E-state index is 12.9. The Morgan fingerprint density at radius 2 is 2.11 bits per heavy atom. The van der Waals surface area contributed by atoms with Crippen molar-refractivity contribution in [2.75, 3.05) is 6.54 Å². The summed E-state index contributed by atoms with van der Waals surface area (Å²) in [7, 11) is 0. The molecule has 1 heterocycles. The summed E-state index contributed by atoms with van der Waals surface area (Å²) in [5.41, 5.74) is 2.15. The molecule has 1 aromatic heterocycles. The van der Waals surface area contributed by atoms with E-state index in [1.165, 1.54) is 18.4 Å². The highest BCUT2D eigenvalue weighted by Crippen LogP contribution is 2.27. The largest absolute Gasteiger partial charge is 0.486 e. The predicted octanol–water partition coefficient (Wildman–Crippen LogP) is 5.21. The number of carbonyl (C=O) groups excluding carboxylic acids is 1. The third-order valence-corrected chi connectivity index (χ3v) is 5.78. The van der Waals surface area contributed by atoms with Crippen molar-refractivity contribution in [2.24, 2.45) is 11.8 Å². The molecule has 0 unspecified atom stereocenters. The number of carbonyl (C=O) groups is 1. The molecule has 146 valence electrons. The van der Waals surface area contributed by atoms with E-state index in [0.29, 0.717) is 25.0 Å². The van der Waals surface area contributed by atoms with E-state index >= 15 is 0 Å². The van der Waals surface area contributed by atoms with E-state index in [2.05, 4.69) is 32.2 Å². The van der Waals surface area contributed by atoms with Gasteiger partial charge < -0.3 is 9.64 Å². The number of rotatable bonds is 8. The minimum absolute atomic E-state index is 0.214. The second-order valence-electron chi connectivity index (χ2n) is 7.93. The van der Waals surface area contributed by atoms with Crippen molar-refractivity contribution >= 4 is 17.2 Å². The summed E-state index contributed by atoms with van der Waals surface area (Å²) in [6.45, 7) is 8.25. The van der Waals surface area contributed by atoms with Crippen LogP contribution in [0.4, 0.5) is 0 Å². The topological polar surface area (TPSA) is 42.4 Å². The number of benzene rings is 1. The van der Waals surface area contributed by atoms with Crippen molar-refractivity contribution in [2.45, 2.75) is 59.6 Å². The van der Waals surface area contributed by atoms with Crippen LogP contribution in [0, 0.1) is 18.8 Å². The van der Waals surface area contributed by atoms with Crippen molar-refractivity contribution in [1.29, 1.82) is 0 Å². The fourth-order valence-corrected chi connectivity index (χ4v) is 4.33. The first-order valence-corrected chi connectivity index (χ1v) is 10.8. The lowest BCUT2D eigenvalue weighted by molar-refractivity contribution is -0.136. The molecule has 1 aliphatic carbocycles. The van der Waals surface area contributed by atoms with E-state index in [4.69, 9.17) is 9.72 Å². The van der Waals surface area contributed by atoms with Gasteiger partial charge in [-0.05, 0) is 43.4 Å². The minimum Gasteiger partial charge on any atom is -0.486 e. The Hall–Kier alpha value is -1.88. The van der Waals surface area contributed by atoms with E-state index in [9.17, 15) is 4.79 Å².